The van der Waals surface area contributed by atoms with Crippen LogP contribution in [0.2, 0.25) is 0 Å². The van der Waals surface area contributed by atoms with Crippen LogP contribution in [0.4, 0.5) is 0 Å². The van der Waals surface area contributed by atoms with Crippen molar-refractivity contribution >= 4 is 46.1 Å². The molecule has 0 spiro atoms. The van der Waals surface area contributed by atoms with Gasteiger partial charge in [-0.05, 0) is 89.1 Å². The second kappa shape index (κ2) is 23.0. The predicted octanol–water partition coefficient (Wildman–Crippen LogP) is 10.2. The van der Waals surface area contributed by atoms with E-state index in [0.29, 0.717) is 73.4 Å². The van der Waals surface area contributed by atoms with Crippen molar-refractivity contribution in [2.75, 3.05) is 40.5 Å². The quantitative estimate of drug-likeness (QED) is 0.0729. The number of aryl methyl sites for hydroxylation is 2. The number of nitrogens with zero attached hydrogens (tertiary/aromatic N) is 3. The van der Waals surface area contributed by atoms with Crippen LogP contribution < -0.4 is 18.9 Å². The average molecular weight is 878 g/mol. The van der Waals surface area contributed by atoms with Crippen LogP contribution in [0.25, 0.3) is 21.1 Å². The SMILES string of the molecule is CCOc1ccc(-c2nc(CCC(=O)c3ccccc3C(=O)N(C)C)cs2)cc1OCC.CCOc1ccc(-c2nc(CCC(=O)c3ccccc3C(=O)O)cs2)cc1OCC. The van der Waals surface area contributed by atoms with Gasteiger partial charge >= 0.3 is 5.97 Å². The smallest absolute Gasteiger partial charge is 0.336 e. The van der Waals surface area contributed by atoms with Gasteiger partial charge in [0.05, 0.1) is 48.9 Å². The van der Waals surface area contributed by atoms with Crippen LogP contribution in [0, 0.1) is 0 Å². The summed E-state index contributed by atoms with van der Waals surface area (Å²) in [6.07, 6.45) is 1.43. The maximum absolute atomic E-state index is 12.8. The monoisotopic (exact) mass is 877 g/mol. The number of ether oxygens (including phenoxy) is 4. The summed E-state index contributed by atoms with van der Waals surface area (Å²) in [6, 6.07) is 24.7. The molecule has 0 aliphatic heterocycles. The first-order valence-electron chi connectivity index (χ1n) is 20.4. The number of benzene rings is 4. The number of carboxylic acids is 1. The molecule has 0 bridgehead atoms. The van der Waals surface area contributed by atoms with Crippen LogP contribution >= 0.6 is 22.7 Å². The molecule has 1 N–H and O–H groups in total. The van der Waals surface area contributed by atoms with Gasteiger partial charge in [0, 0.05) is 60.0 Å². The highest BCUT2D eigenvalue weighted by Gasteiger charge is 2.20. The number of Topliss-reactive ketones (excluding diaryl/α,β-unsaturated/α-hetero) is 2. The zero-order chi connectivity index (χ0) is 44.6. The third-order valence-corrected chi connectivity index (χ3v) is 11.1. The molecule has 324 valence electrons. The molecule has 0 fully saturated rings. The van der Waals surface area contributed by atoms with E-state index in [1.165, 1.54) is 33.6 Å². The molecular weight excluding hydrogens is 827 g/mol. The van der Waals surface area contributed by atoms with Crippen molar-refractivity contribution in [2.24, 2.45) is 0 Å². The molecule has 0 atom stereocenters. The van der Waals surface area contributed by atoms with Crippen molar-refractivity contribution in [3.63, 3.8) is 0 Å². The molecule has 6 rings (SSSR count). The zero-order valence-corrected chi connectivity index (χ0v) is 37.4. The molecule has 0 saturated heterocycles. The summed E-state index contributed by atoms with van der Waals surface area (Å²) in [5.74, 6) is 1.23. The van der Waals surface area contributed by atoms with E-state index >= 15 is 0 Å². The number of aromatic nitrogens is 2. The Morgan fingerprint density at radius 1 is 0.548 bits per heavy atom. The summed E-state index contributed by atoms with van der Waals surface area (Å²) < 4.78 is 22.6. The fraction of sp³-hybridized carbons (Fsp3) is 0.292. The Labute approximate surface area is 370 Å². The molecule has 0 aliphatic carbocycles. The molecule has 0 radical (unpaired) electrons. The molecule has 62 heavy (non-hydrogen) atoms. The Morgan fingerprint density at radius 2 is 0.935 bits per heavy atom. The fourth-order valence-corrected chi connectivity index (χ4v) is 8.00. The minimum absolute atomic E-state index is 0.0271. The number of amides is 1. The first-order chi connectivity index (χ1) is 30.0. The molecule has 0 aliphatic rings. The summed E-state index contributed by atoms with van der Waals surface area (Å²) in [5, 5.41) is 14.8. The van der Waals surface area contributed by atoms with Gasteiger partial charge in [-0.2, -0.15) is 0 Å². The summed E-state index contributed by atoms with van der Waals surface area (Å²) in [5.41, 5.74) is 4.65. The third-order valence-electron chi connectivity index (χ3n) is 9.22. The van der Waals surface area contributed by atoms with Gasteiger partial charge in [-0.3, -0.25) is 14.4 Å². The normalized spacial score (nSPS) is 10.6. The number of aromatic carboxylic acids is 1. The lowest BCUT2D eigenvalue weighted by atomic mass is 9.99. The predicted molar refractivity (Wildman–Crippen MR) is 243 cm³/mol. The second-order valence-electron chi connectivity index (χ2n) is 13.8. The van der Waals surface area contributed by atoms with E-state index in [1.54, 1.807) is 56.6 Å². The third kappa shape index (κ3) is 12.4. The highest BCUT2D eigenvalue weighted by Crippen LogP contribution is 2.36. The van der Waals surface area contributed by atoms with Gasteiger partial charge in [-0.1, -0.05) is 36.4 Å². The first-order valence-corrected chi connectivity index (χ1v) is 22.1. The number of carbonyl (C=O) groups is 4. The molecule has 4 aromatic carbocycles. The van der Waals surface area contributed by atoms with Gasteiger partial charge in [0.2, 0.25) is 0 Å². The lowest BCUT2D eigenvalue weighted by Gasteiger charge is -2.13. The average Bonchev–Trinajstić information content (AvgIpc) is 3.97. The number of thiazole rings is 2. The van der Waals surface area contributed by atoms with E-state index in [0.717, 1.165) is 32.5 Å². The second-order valence-corrected chi connectivity index (χ2v) is 15.5. The number of rotatable bonds is 20. The Morgan fingerprint density at radius 3 is 1.34 bits per heavy atom. The topological polar surface area (TPSA) is 154 Å². The van der Waals surface area contributed by atoms with Crippen molar-refractivity contribution in [2.45, 2.75) is 53.4 Å². The fourth-order valence-electron chi connectivity index (χ4n) is 6.30. The van der Waals surface area contributed by atoms with E-state index in [-0.39, 0.29) is 41.4 Å². The van der Waals surface area contributed by atoms with Crippen molar-refractivity contribution in [1.82, 2.24) is 14.9 Å². The van der Waals surface area contributed by atoms with Crippen LogP contribution in [0.5, 0.6) is 23.0 Å². The van der Waals surface area contributed by atoms with Crippen molar-refractivity contribution < 1.29 is 43.2 Å². The highest BCUT2D eigenvalue weighted by atomic mass is 32.1. The van der Waals surface area contributed by atoms with Gasteiger partial charge in [0.25, 0.3) is 5.91 Å². The first kappa shape index (κ1) is 46.7. The summed E-state index contributed by atoms with van der Waals surface area (Å²) in [6.45, 7) is 9.92. The van der Waals surface area contributed by atoms with Crippen LogP contribution in [0.15, 0.2) is 95.7 Å². The molecule has 12 nitrogen and oxygen atoms in total. The van der Waals surface area contributed by atoms with Crippen molar-refractivity contribution in [3.8, 4) is 44.1 Å². The van der Waals surface area contributed by atoms with Gasteiger partial charge in [0.1, 0.15) is 10.0 Å². The molecule has 2 heterocycles. The van der Waals surface area contributed by atoms with Crippen LogP contribution in [-0.4, -0.2) is 83.9 Å². The maximum atomic E-state index is 12.8. The lowest BCUT2D eigenvalue weighted by Crippen LogP contribution is -2.24. The summed E-state index contributed by atoms with van der Waals surface area (Å²) in [7, 11) is 3.36. The van der Waals surface area contributed by atoms with E-state index in [1.807, 2.05) is 74.9 Å². The summed E-state index contributed by atoms with van der Waals surface area (Å²) >= 11 is 3.02. The number of hydrogen-bond donors (Lipinski definition) is 1. The Bertz CT molecular complexity index is 2480. The Balaban J connectivity index is 0.000000235. The largest absolute Gasteiger partial charge is 0.490 e. The molecule has 6 aromatic rings. The summed E-state index contributed by atoms with van der Waals surface area (Å²) in [4.78, 5) is 59.9. The van der Waals surface area contributed by atoms with E-state index in [2.05, 4.69) is 4.98 Å². The highest BCUT2D eigenvalue weighted by molar-refractivity contribution is 7.13. The van der Waals surface area contributed by atoms with E-state index in [9.17, 15) is 24.3 Å². The zero-order valence-electron chi connectivity index (χ0n) is 35.8. The van der Waals surface area contributed by atoms with Gasteiger partial charge in [-0.15, -0.1) is 22.7 Å². The van der Waals surface area contributed by atoms with Gasteiger partial charge < -0.3 is 29.0 Å². The molecule has 2 aromatic heterocycles. The molecular formula is C48H51N3O9S2. The lowest BCUT2D eigenvalue weighted by molar-refractivity contribution is 0.0691. The molecule has 0 unspecified atom stereocenters. The number of carboxylic acid groups (broad SMARTS) is 1. The maximum Gasteiger partial charge on any atom is 0.336 e. The Hall–Kier alpha value is -6.38. The van der Waals surface area contributed by atoms with E-state index in [4.69, 9.17) is 23.9 Å². The van der Waals surface area contributed by atoms with E-state index < -0.39 is 5.97 Å². The Kier molecular flexibility index (Phi) is 17.3. The minimum atomic E-state index is -1.10. The number of ketones is 2. The standard InChI is InChI=1S/C25H28N2O4S.C23H23NO5S/c1-5-30-22-14-11-17(15-23(22)31-6-2)24-26-18(16-32-24)12-13-21(28)19-9-7-8-10-20(19)25(29)27(3)4;1-3-28-20-12-9-15(13-21(20)29-4-2)22-24-16(14-30-22)10-11-19(25)17-7-5-6-8-18(17)23(26)27/h7-11,14-16H,5-6,12-13H2,1-4H3;5-9,12-14H,3-4,10-11H2,1-2H3,(H,26,27). The van der Waals surface area contributed by atoms with Crippen molar-refractivity contribution in [3.05, 3.63) is 129 Å². The minimum Gasteiger partial charge on any atom is -0.490 e. The molecule has 0 saturated carbocycles. The van der Waals surface area contributed by atoms with Crippen LogP contribution in [0.1, 0.15) is 93.4 Å². The van der Waals surface area contributed by atoms with Gasteiger partial charge in [-0.25, -0.2) is 14.8 Å². The number of hydrogen-bond acceptors (Lipinski definition) is 12. The van der Waals surface area contributed by atoms with Crippen LogP contribution in [0.3, 0.4) is 0 Å². The van der Waals surface area contributed by atoms with Crippen LogP contribution in [-0.2, 0) is 12.8 Å². The number of carbonyl (C=O) groups excluding carboxylic acids is 3. The molecule has 14 heteroatoms. The van der Waals surface area contributed by atoms with Crippen molar-refractivity contribution in [1.29, 1.82) is 0 Å². The molecule has 1 amide bonds. The van der Waals surface area contributed by atoms with Gasteiger partial charge in [0.15, 0.2) is 34.6 Å².